The molecule has 1 N–H and O–H groups in total. The molecule has 1 amide bonds. The van der Waals surface area contributed by atoms with E-state index in [1.54, 1.807) is 30.3 Å². The van der Waals surface area contributed by atoms with E-state index in [2.05, 4.69) is 15.9 Å². The van der Waals surface area contributed by atoms with Gasteiger partial charge in [0.2, 0.25) is 0 Å². The van der Waals surface area contributed by atoms with E-state index in [1.165, 1.54) is 16.2 Å². The summed E-state index contributed by atoms with van der Waals surface area (Å²) in [6.07, 6.45) is 1.59. The molecular weight excluding hydrogens is 466 g/mol. The second-order valence-corrected chi connectivity index (χ2v) is 9.12. The van der Waals surface area contributed by atoms with Crippen LogP contribution in [0.2, 0.25) is 0 Å². The Hall–Kier alpha value is -2.64. The lowest BCUT2D eigenvalue weighted by atomic mass is 10.1. The minimum absolute atomic E-state index is 0.0912. The minimum atomic E-state index is -1.04. The van der Waals surface area contributed by atoms with Gasteiger partial charge in [0.15, 0.2) is 6.04 Å². The van der Waals surface area contributed by atoms with Gasteiger partial charge in [-0.1, -0.05) is 24.3 Å². The van der Waals surface area contributed by atoms with Crippen molar-refractivity contribution in [2.24, 2.45) is 0 Å². The fraction of sp³-hybridized carbons (Fsp3) is 0.217. The van der Waals surface area contributed by atoms with Gasteiger partial charge < -0.3 is 14.7 Å². The summed E-state index contributed by atoms with van der Waals surface area (Å²) in [6, 6.07) is 15.2. The smallest absolute Gasteiger partial charge is 0.331 e. The molecule has 4 rings (SSSR count). The summed E-state index contributed by atoms with van der Waals surface area (Å²) in [5, 5.41) is 11.8. The summed E-state index contributed by atoms with van der Waals surface area (Å²) in [5.41, 5.74) is 1.40. The minimum Gasteiger partial charge on any atom is -0.479 e. The Morgan fingerprint density at radius 1 is 1.17 bits per heavy atom. The van der Waals surface area contributed by atoms with Crippen molar-refractivity contribution in [3.63, 3.8) is 0 Å². The summed E-state index contributed by atoms with van der Waals surface area (Å²) >= 11 is 4.71. The number of para-hydroxylation sites is 1. The average Bonchev–Trinajstić information content (AvgIpc) is 3.46. The van der Waals surface area contributed by atoms with Gasteiger partial charge in [-0.3, -0.25) is 4.79 Å². The number of benzene rings is 2. The van der Waals surface area contributed by atoms with Crippen molar-refractivity contribution in [3.8, 4) is 11.5 Å². The molecule has 0 spiro atoms. The monoisotopic (exact) mass is 485 g/mol. The van der Waals surface area contributed by atoms with Gasteiger partial charge in [0.1, 0.15) is 11.5 Å². The number of carbonyl (C=O) groups excluding carboxylic acids is 1. The molecule has 0 aliphatic heterocycles. The van der Waals surface area contributed by atoms with E-state index in [4.69, 9.17) is 4.74 Å². The molecular formula is C23H20BrNO4S. The first kappa shape index (κ1) is 20.6. The van der Waals surface area contributed by atoms with Crippen molar-refractivity contribution in [2.75, 3.05) is 0 Å². The molecule has 5 nitrogen and oxygen atoms in total. The molecule has 1 aliphatic carbocycles. The zero-order valence-electron chi connectivity index (χ0n) is 16.2. The van der Waals surface area contributed by atoms with Gasteiger partial charge in [-0.2, -0.15) is 0 Å². The predicted octanol–water partition coefficient (Wildman–Crippen LogP) is 6.04. The van der Waals surface area contributed by atoms with Crippen LogP contribution in [0, 0.1) is 6.92 Å². The van der Waals surface area contributed by atoms with Crippen LogP contribution in [0.3, 0.4) is 0 Å². The molecule has 1 aliphatic rings. The van der Waals surface area contributed by atoms with E-state index in [0.29, 0.717) is 21.9 Å². The number of hydrogen-bond donors (Lipinski definition) is 1. The van der Waals surface area contributed by atoms with Crippen LogP contribution in [0.4, 0.5) is 0 Å². The van der Waals surface area contributed by atoms with E-state index in [0.717, 1.165) is 22.9 Å². The fourth-order valence-corrected chi connectivity index (χ4v) is 4.91. The average molecular weight is 486 g/mol. The molecule has 30 heavy (non-hydrogen) atoms. The molecule has 3 aromatic rings. The molecule has 0 bridgehead atoms. The molecule has 1 unspecified atom stereocenters. The van der Waals surface area contributed by atoms with Crippen LogP contribution in [0.25, 0.3) is 0 Å². The number of amides is 1. The SMILES string of the molecule is Cc1cccc(Oc2ccccc2C(=O)N(C2CC2)C(C(=O)O)c2cc(Br)cs2)c1. The third kappa shape index (κ3) is 4.42. The Kier molecular flexibility index (Phi) is 5.92. The third-order valence-corrected chi connectivity index (χ3v) is 6.62. The van der Waals surface area contributed by atoms with Crippen molar-refractivity contribution in [1.82, 2.24) is 4.90 Å². The zero-order valence-corrected chi connectivity index (χ0v) is 18.7. The number of hydrogen-bond acceptors (Lipinski definition) is 4. The van der Waals surface area contributed by atoms with Gasteiger partial charge in [-0.05, 0) is 71.6 Å². The standard InChI is InChI=1S/C23H20BrNO4S/c1-14-5-4-6-17(11-14)29-19-8-3-2-7-18(19)22(26)25(16-9-10-16)21(23(27)28)20-12-15(24)13-30-20/h2-8,11-13,16,21H,9-10H2,1H3,(H,27,28). The normalized spacial score (nSPS) is 14.2. The number of rotatable bonds is 7. The number of aliphatic carboxylic acids is 1. The second-order valence-electron chi connectivity index (χ2n) is 7.27. The highest BCUT2D eigenvalue weighted by Crippen LogP contribution is 2.40. The van der Waals surface area contributed by atoms with E-state index < -0.39 is 12.0 Å². The van der Waals surface area contributed by atoms with Gasteiger partial charge in [-0.25, -0.2) is 4.79 Å². The molecule has 1 saturated carbocycles. The van der Waals surface area contributed by atoms with Gasteiger partial charge >= 0.3 is 5.97 Å². The number of ether oxygens (including phenoxy) is 1. The van der Waals surface area contributed by atoms with Gasteiger partial charge in [0.25, 0.3) is 5.91 Å². The summed E-state index contributed by atoms with van der Waals surface area (Å²) in [7, 11) is 0. The molecule has 1 fully saturated rings. The summed E-state index contributed by atoms with van der Waals surface area (Å²) in [4.78, 5) is 27.9. The highest BCUT2D eigenvalue weighted by molar-refractivity contribution is 9.10. The molecule has 7 heteroatoms. The maximum atomic E-state index is 13.6. The number of carboxylic acid groups (broad SMARTS) is 1. The summed E-state index contributed by atoms with van der Waals surface area (Å²) in [5.74, 6) is -0.334. The molecule has 0 saturated heterocycles. The quantitative estimate of drug-likeness (QED) is 0.442. The summed E-state index contributed by atoms with van der Waals surface area (Å²) < 4.78 is 6.82. The lowest BCUT2D eigenvalue weighted by Crippen LogP contribution is -2.40. The topological polar surface area (TPSA) is 66.8 Å². The molecule has 1 aromatic heterocycles. The van der Waals surface area contributed by atoms with Crippen LogP contribution < -0.4 is 4.74 Å². The highest BCUT2D eigenvalue weighted by atomic mass is 79.9. The van der Waals surface area contributed by atoms with Crippen molar-refractivity contribution in [3.05, 3.63) is 80.5 Å². The molecule has 0 radical (unpaired) electrons. The fourth-order valence-electron chi connectivity index (χ4n) is 3.37. The third-order valence-electron chi connectivity index (χ3n) is 4.88. The Morgan fingerprint density at radius 2 is 1.93 bits per heavy atom. The van der Waals surface area contributed by atoms with E-state index in [-0.39, 0.29) is 11.9 Å². The second kappa shape index (κ2) is 8.62. The van der Waals surface area contributed by atoms with Crippen LogP contribution in [-0.2, 0) is 4.79 Å². The largest absolute Gasteiger partial charge is 0.479 e. The maximum Gasteiger partial charge on any atom is 0.331 e. The first-order chi connectivity index (χ1) is 14.4. The first-order valence-corrected chi connectivity index (χ1v) is 11.2. The Balaban J connectivity index is 1.70. The van der Waals surface area contributed by atoms with Crippen molar-refractivity contribution < 1.29 is 19.4 Å². The van der Waals surface area contributed by atoms with Crippen LogP contribution >= 0.6 is 27.3 Å². The summed E-state index contributed by atoms with van der Waals surface area (Å²) in [6.45, 7) is 1.97. The van der Waals surface area contributed by atoms with Crippen molar-refractivity contribution in [2.45, 2.75) is 31.8 Å². The highest BCUT2D eigenvalue weighted by Gasteiger charge is 2.43. The lowest BCUT2D eigenvalue weighted by Gasteiger charge is -2.29. The van der Waals surface area contributed by atoms with Crippen LogP contribution in [-0.4, -0.2) is 27.9 Å². The van der Waals surface area contributed by atoms with Crippen molar-refractivity contribution in [1.29, 1.82) is 0 Å². The zero-order chi connectivity index (χ0) is 21.3. The van der Waals surface area contributed by atoms with Gasteiger partial charge in [-0.15, -0.1) is 11.3 Å². The molecule has 154 valence electrons. The van der Waals surface area contributed by atoms with E-state index in [9.17, 15) is 14.7 Å². The number of carbonyl (C=O) groups is 2. The number of thiophene rings is 1. The Bertz CT molecular complexity index is 1090. The first-order valence-electron chi connectivity index (χ1n) is 9.57. The number of carboxylic acids is 1. The predicted molar refractivity (Wildman–Crippen MR) is 119 cm³/mol. The maximum absolute atomic E-state index is 13.6. The van der Waals surface area contributed by atoms with Crippen molar-refractivity contribution >= 4 is 39.1 Å². The molecule has 1 atom stereocenters. The van der Waals surface area contributed by atoms with E-state index in [1.807, 2.05) is 36.6 Å². The van der Waals surface area contributed by atoms with E-state index >= 15 is 0 Å². The molecule has 2 aromatic carbocycles. The number of halogens is 1. The van der Waals surface area contributed by atoms with Crippen LogP contribution in [0.5, 0.6) is 11.5 Å². The molecule has 1 heterocycles. The number of aryl methyl sites for hydroxylation is 1. The lowest BCUT2D eigenvalue weighted by molar-refractivity contribution is -0.142. The van der Waals surface area contributed by atoms with Crippen LogP contribution in [0.1, 0.15) is 39.7 Å². The Morgan fingerprint density at radius 3 is 2.57 bits per heavy atom. The van der Waals surface area contributed by atoms with Crippen LogP contribution in [0.15, 0.2) is 64.5 Å². The van der Waals surface area contributed by atoms with Gasteiger partial charge in [0.05, 0.1) is 5.56 Å². The Labute approximate surface area is 187 Å². The number of nitrogens with zero attached hydrogens (tertiary/aromatic N) is 1. The van der Waals surface area contributed by atoms with Gasteiger partial charge in [0, 0.05) is 20.8 Å².